The van der Waals surface area contributed by atoms with Crippen molar-refractivity contribution < 1.29 is 18.7 Å². The lowest BCUT2D eigenvalue weighted by Crippen LogP contribution is -2.48. The van der Waals surface area contributed by atoms with E-state index in [-0.39, 0.29) is 29.3 Å². The molecule has 0 saturated carbocycles. The van der Waals surface area contributed by atoms with Crippen LogP contribution in [0.3, 0.4) is 0 Å². The molecule has 6 nitrogen and oxygen atoms in total. The molecule has 2 aliphatic heterocycles. The molecule has 0 aromatic heterocycles. The number of carbonyl (C=O) groups is 2. The zero-order chi connectivity index (χ0) is 17.9. The number of nitrogens with zero attached hydrogens (tertiary/aromatic N) is 1. The molecule has 2 N–H and O–H groups in total. The number of hydrogen-bond acceptors (Lipinski definition) is 3. The van der Waals surface area contributed by atoms with E-state index in [0.717, 1.165) is 24.9 Å². The predicted molar refractivity (Wildman–Crippen MR) is 90.4 cm³/mol. The van der Waals surface area contributed by atoms with Gasteiger partial charge in [0.05, 0.1) is 6.10 Å². The second-order valence-electron chi connectivity index (χ2n) is 6.90. The fraction of sp³-hybridized carbons (Fsp3) is 0.556. The fourth-order valence-electron chi connectivity index (χ4n) is 3.60. The SMILES string of the molecule is CO[C@@H](CNC(=O)N1CCC2(CC1)CNC(=O)C2)c1ccc(F)cc1. The van der Waals surface area contributed by atoms with Crippen molar-refractivity contribution in [3.05, 3.63) is 35.6 Å². The Bertz CT molecular complexity index is 627. The van der Waals surface area contributed by atoms with Crippen LogP contribution in [-0.4, -0.2) is 50.1 Å². The summed E-state index contributed by atoms with van der Waals surface area (Å²) in [6, 6.07) is 5.94. The van der Waals surface area contributed by atoms with Crippen molar-refractivity contribution in [2.45, 2.75) is 25.4 Å². The number of carbonyl (C=O) groups excluding carboxylic acids is 2. The Morgan fingerprint density at radius 3 is 2.60 bits per heavy atom. The number of benzene rings is 1. The van der Waals surface area contributed by atoms with Crippen LogP contribution in [0, 0.1) is 11.2 Å². The van der Waals surface area contributed by atoms with Gasteiger partial charge in [0.2, 0.25) is 5.91 Å². The number of amides is 3. The van der Waals surface area contributed by atoms with Crippen LogP contribution in [0.2, 0.25) is 0 Å². The van der Waals surface area contributed by atoms with Crippen molar-refractivity contribution in [2.24, 2.45) is 5.41 Å². The summed E-state index contributed by atoms with van der Waals surface area (Å²) in [5.74, 6) is -0.190. The summed E-state index contributed by atoms with van der Waals surface area (Å²) < 4.78 is 18.4. The van der Waals surface area contributed by atoms with Crippen LogP contribution in [0.4, 0.5) is 9.18 Å². The van der Waals surface area contributed by atoms with Crippen LogP contribution in [0.15, 0.2) is 24.3 Å². The van der Waals surface area contributed by atoms with Crippen molar-refractivity contribution in [2.75, 3.05) is 33.3 Å². The molecule has 2 saturated heterocycles. The molecule has 25 heavy (non-hydrogen) atoms. The Morgan fingerprint density at radius 1 is 1.36 bits per heavy atom. The van der Waals surface area contributed by atoms with Crippen LogP contribution in [-0.2, 0) is 9.53 Å². The molecule has 1 aromatic rings. The van der Waals surface area contributed by atoms with Crippen molar-refractivity contribution in [3.8, 4) is 0 Å². The van der Waals surface area contributed by atoms with Crippen LogP contribution < -0.4 is 10.6 Å². The fourth-order valence-corrected chi connectivity index (χ4v) is 3.60. The van der Waals surface area contributed by atoms with Gasteiger partial charge in [-0.3, -0.25) is 4.79 Å². The lowest BCUT2D eigenvalue weighted by Gasteiger charge is -2.38. The number of ether oxygens (including phenoxy) is 1. The first kappa shape index (κ1) is 17.7. The van der Waals surface area contributed by atoms with E-state index in [1.807, 2.05) is 0 Å². The molecular weight excluding hydrogens is 325 g/mol. The molecule has 0 aliphatic carbocycles. The van der Waals surface area contributed by atoms with Gasteiger partial charge in [0.25, 0.3) is 0 Å². The highest BCUT2D eigenvalue weighted by Crippen LogP contribution is 2.37. The van der Waals surface area contributed by atoms with Crippen LogP contribution in [0.5, 0.6) is 0 Å². The summed E-state index contributed by atoms with van der Waals surface area (Å²) >= 11 is 0. The van der Waals surface area contributed by atoms with E-state index >= 15 is 0 Å². The van der Waals surface area contributed by atoms with Gasteiger partial charge in [0.1, 0.15) is 5.82 Å². The maximum Gasteiger partial charge on any atom is 0.317 e. The molecule has 3 amide bonds. The molecule has 2 fully saturated rings. The van der Waals surface area contributed by atoms with E-state index in [0.29, 0.717) is 26.1 Å². The maximum absolute atomic E-state index is 13.0. The van der Waals surface area contributed by atoms with Gasteiger partial charge < -0.3 is 20.3 Å². The molecule has 0 bridgehead atoms. The van der Waals surface area contributed by atoms with E-state index in [4.69, 9.17) is 4.74 Å². The highest BCUT2D eigenvalue weighted by Gasteiger charge is 2.41. The van der Waals surface area contributed by atoms with Gasteiger partial charge in [-0.15, -0.1) is 0 Å². The summed E-state index contributed by atoms with van der Waals surface area (Å²) in [6.45, 7) is 2.34. The Hall–Kier alpha value is -2.15. The third kappa shape index (κ3) is 4.10. The summed E-state index contributed by atoms with van der Waals surface area (Å²) in [4.78, 5) is 25.6. The van der Waals surface area contributed by atoms with Crippen molar-refractivity contribution in [3.63, 3.8) is 0 Å². The van der Waals surface area contributed by atoms with Gasteiger partial charge in [-0.2, -0.15) is 0 Å². The molecule has 2 heterocycles. The highest BCUT2D eigenvalue weighted by molar-refractivity contribution is 5.79. The topological polar surface area (TPSA) is 70.7 Å². The molecule has 3 rings (SSSR count). The van der Waals surface area contributed by atoms with Crippen LogP contribution in [0.1, 0.15) is 30.9 Å². The Labute approximate surface area is 146 Å². The molecule has 0 radical (unpaired) electrons. The number of hydrogen-bond donors (Lipinski definition) is 2. The van der Waals surface area contributed by atoms with Crippen molar-refractivity contribution in [1.82, 2.24) is 15.5 Å². The van der Waals surface area contributed by atoms with E-state index in [9.17, 15) is 14.0 Å². The quantitative estimate of drug-likeness (QED) is 0.871. The monoisotopic (exact) mass is 349 g/mol. The van der Waals surface area contributed by atoms with Crippen LogP contribution in [0.25, 0.3) is 0 Å². The minimum Gasteiger partial charge on any atom is -0.375 e. The molecule has 2 aliphatic rings. The largest absolute Gasteiger partial charge is 0.375 e. The Morgan fingerprint density at radius 2 is 2.04 bits per heavy atom. The average Bonchev–Trinajstić information content (AvgIpc) is 2.97. The molecule has 1 aromatic carbocycles. The van der Waals surface area contributed by atoms with Crippen molar-refractivity contribution in [1.29, 1.82) is 0 Å². The molecule has 136 valence electrons. The lowest BCUT2D eigenvalue weighted by atomic mass is 9.78. The number of likely N-dealkylation sites (tertiary alicyclic amines) is 1. The minimum absolute atomic E-state index is 0.0248. The van der Waals surface area contributed by atoms with Gasteiger partial charge in [-0.25, -0.2) is 9.18 Å². The first-order valence-electron chi connectivity index (χ1n) is 8.59. The lowest BCUT2D eigenvalue weighted by molar-refractivity contribution is -0.119. The first-order valence-corrected chi connectivity index (χ1v) is 8.59. The second-order valence-corrected chi connectivity index (χ2v) is 6.90. The normalized spacial score (nSPS) is 20.4. The third-order valence-corrected chi connectivity index (χ3v) is 5.27. The van der Waals surface area contributed by atoms with Gasteiger partial charge in [-0.1, -0.05) is 12.1 Å². The molecule has 0 unspecified atom stereocenters. The summed E-state index contributed by atoms with van der Waals surface area (Å²) in [6.07, 6.45) is 1.92. The third-order valence-electron chi connectivity index (χ3n) is 5.27. The van der Waals surface area contributed by atoms with Crippen molar-refractivity contribution >= 4 is 11.9 Å². The number of nitrogens with one attached hydrogen (secondary N) is 2. The molecule has 1 spiro atoms. The zero-order valence-corrected chi connectivity index (χ0v) is 14.4. The summed E-state index contributed by atoms with van der Waals surface area (Å²) in [7, 11) is 1.56. The summed E-state index contributed by atoms with van der Waals surface area (Å²) in [5.41, 5.74) is 0.842. The van der Waals surface area contributed by atoms with Gasteiger partial charge in [0.15, 0.2) is 0 Å². The number of methoxy groups -OCH3 is 1. The zero-order valence-electron chi connectivity index (χ0n) is 14.4. The standard InChI is InChI=1S/C18H24FN3O3/c1-25-15(13-2-4-14(19)5-3-13)11-20-17(24)22-8-6-18(7-9-22)10-16(23)21-12-18/h2-5,15H,6-12H2,1H3,(H,20,24)(H,21,23)/t15-/m0/s1. The first-order chi connectivity index (χ1) is 12.0. The van der Waals surface area contributed by atoms with E-state index < -0.39 is 0 Å². The van der Waals surface area contributed by atoms with E-state index in [1.165, 1.54) is 12.1 Å². The number of halogens is 1. The average molecular weight is 349 g/mol. The van der Waals surface area contributed by atoms with E-state index in [1.54, 1.807) is 24.1 Å². The molecule has 7 heteroatoms. The van der Waals surface area contributed by atoms with Crippen LogP contribution >= 0.6 is 0 Å². The molecule has 1 atom stereocenters. The summed E-state index contributed by atoms with van der Waals surface area (Å²) in [5, 5.41) is 5.78. The Balaban J connectivity index is 1.49. The number of rotatable bonds is 4. The smallest absolute Gasteiger partial charge is 0.317 e. The van der Waals surface area contributed by atoms with Gasteiger partial charge >= 0.3 is 6.03 Å². The number of piperidine rings is 1. The minimum atomic E-state index is -0.322. The predicted octanol–water partition coefficient (Wildman–Crippen LogP) is 1.82. The maximum atomic E-state index is 13.0. The highest BCUT2D eigenvalue weighted by atomic mass is 19.1. The second kappa shape index (κ2) is 7.39. The van der Waals surface area contributed by atoms with Gasteiger partial charge in [0, 0.05) is 39.7 Å². The van der Waals surface area contributed by atoms with E-state index in [2.05, 4.69) is 10.6 Å². The number of urea groups is 1. The molecular formula is C18H24FN3O3. The Kier molecular flexibility index (Phi) is 5.22. The van der Waals surface area contributed by atoms with Gasteiger partial charge in [-0.05, 0) is 36.0 Å².